The maximum absolute atomic E-state index is 12.7. The number of anilines is 1. The van der Waals surface area contributed by atoms with Crippen LogP contribution in [0.2, 0.25) is 0 Å². The zero-order valence-corrected chi connectivity index (χ0v) is 20.1. The first kappa shape index (κ1) is 24.7. The lowest BCUT2D eigenvalue weighted by Crippen LogP contribution is -2.30. The van der Waals surface area contributed by atoms with Gasteiger partial charge in [0.05, 0.1) is 24.0 Å². The van der Waals surface area contributed by atoms with Gasteiger partial charge in [0, 0.05) is 37.1 Å². The maximum Gasteiger partial charge on any atom is 0.339 e. The molecule has 0 atom stereocenters. The number of benzene rings is 2. The van der Waals surface area contributed by atoms with Crippen molar-refractivity contribution in [1.29, 1.82) is 0 Å². The van der Waals surface area contributed by atoms with Gasteiger partial charge in [-0.25, -0.2) is 14.8 Å². The molecule has 0 fully saturated rings. The predicted molar refractivity (Wildman–Crippen MR) is 130 cm³/mol. The average molecular weight is 513 g/mol. The second-order valence-corrected chi connectivity index (χ2v) is 9.10. The SMILES string of the molecule is CCOC(=O)CCCNC(=O)Nc1nc2ccc(OS(=O)(=O)c3ccc(-n4ccnc4)cc3)cc2[nH]1. The van der Waals surface area contributed by atoms with Gasteiger partial charge in [-0.3, -0.25) is 10.1 Å². The summed E-state index contributed by atoms with van der Waals surface area (Å²) in [6, 6.07) is 10.2. The number of hydrogen-bond acceptors (Lipinski definition) is 8. The molecule has 0 saturated carbocycles. The number of aromatic nitrogens is 4. The third kappa shape index (κ3) is 6.18. The number of urea groups is 1. The Balaban J connectivity index is 1.36. The fraction of sp³-hybridized carbons (Fsp3) is 0.217. The summed E-state index contributed by atoms with van der Waals surface area (Å²) >= 11 is 0. The predicted octanol–water partition coefficient (Wildman–Crippen LogP) is 2.98. The van der Waals surface area contributed by atoms with Crippen LogP contribution in [0.3, 0.4) is 0 Å². The Kier molecular flexibility index (Phi) is 7.49. The molecule has 2 aromatic carbocycles. The fourth-order valence-electron chi connectivity index (χ4n) is 3.29. The van der Waals surface area contributed by atoms with Crippen molar-refractivity contribution < 1.29 is 26.9 Å². The van der Waals surface area contributed by atoms with Crippen molar-refractivity contribution in [3.05, 3.63) is 61.2 Å². The summed E-state index contributed by atoms with van der Waals surface area (Å²) in [6.45, 7) is 2.33. The summed E-state index contributed by atoms with van der Waals surface area (Å²) in [7, 11) is -4.07. The molecule has 0 spiro atoms. The number of H-pyrrole nitrogens is 1. The van der Waals surface area contributed by atoms with Crippen molar-refractivity contribution in [1.82, 2.24) is 24.8 Å². The second-order valence-electron chi connectivity index (χ2n) is 7.56. The van der Waals surface area contributed by atoms with Crippen LogP contribution in [0.15, 0.2) is 66.1 Å². The van der Waals surface area contributed by atoms with Crippen molar-refractivity contribution in [3.8, 4) is 11.4 Å². The number of ether oxygens (including phenoxy) is 1. The summed E-state index contributed by atoms with van der Waals surface area (Å²) in [5.74, 6) is -0.0636. The quantitative estimate of drug-likeness (QED) is 0.166. The molecule has 0 aliphatic rings. The highest BCUT2D eigenvalue weighted by atomic mass is 32.2. The van der Waals surface area contributed by atoms with Crippen LogP contribution in [0.5, 0.6) is 5.75 Å². The molecule has 13 heteroatoms. The van der Waals surface area contributed by atoms with Crippen LogP contribution in [0.1, 0.15) is 19.8 Å². The van der Waals surface area contributed by atoms with Gasteiger partial charge in [0.1, 0.15) is 10.6 Å². The standard InChI is InChI=1S/C23H24N6O6S/c1-2-34-21(30)4-3-11-25-23(31)28-22-26-19-10-7-17(14-20(19)27-22)35-36(32,33)18-8-5-16(6-9-18)29-13-12-24-15-29/h5-10,12-15H,2-4,11H2,1H3,(H3,25,26,27,28,31). The van der Waals surface area contributed by atoms with Gasteiger partial charge in [0.15, 0.2) is 0 Å². The zero-order valence-electron chi connectivity index (χ0n) is 19.3. The number of nitrogens with zero attached hydrogens (tertiary/aromatic N) is 3. The topological polar surface area (TPSA) is 157 Å². The zero-order chi connectivity index (χ0) is 25.5. The third-order valence-corrected chi connectivity index (χ3v) is 6.23. The van der Waals surface area contributed by atoms with Crippen molar-refractivity contribution in [2.75, 3.05) is 18.5 Å². The lowest BCUT2D eigenvalue weighted by atomic mass is 10.3. The third-order valence-electron chi connectivity index (χ3n) is 4.97. The summed E-state index contributed by atoms with van der Waals surface area (Å²) in [6.07, 6.45) is 5.63. The van der Waals surface area contributed by atoms with Crippen LogP contribution in [0.4, 0.5) is 10.7 Å². The highest BCUT2D eigenvalue weighted by Crippen LogP contribution is 2.24. The van der Waals surface area contributed by atoms with Crippen LogP contribution < -0.4 is 14.8 Å². The van der Waals surface area contributed by atoms with Gasteiger partial charge in [-0.15, -0.1) is 0 Å². The minimum absolute atomic E-state index is 0.00180. The van der Waals surface area contributed by atoms with Gasteiger partial charge in [0.25, 0.3) is 0 Å². The van der Waals surface area contributed by atoms with Gasteiger partial charge < -0.3 is 23.8 Å². The molecule has 0 radical (unpaired) electrons. The molecule has 2 amide bonds. The van der Waals surface area contributed by atoms with E-state index >= 15 is 0 Å². The first-order valence-electron chi connectivity index (χ1n) is 11.1. The van der Waals surface area contributed by atoms with Crippen molar-refractivity contribution in [2.24, 2.45) is 0 Å². The number of nitrogens with one attached hydrogen (secondary N) is 3. The second kappa shape index (κ2) is 10.9. The Hall–Kier alpha value is -4.39. The molecule has 36 heavy (non-hydrogen) atoms. The molecule has 0 saturated heterocycles. The largest absolute Gasteiger partial charge is 0.466 e. The van der Waals surface area contributed by atoms with Crippen molar-refractivity contribution in [2.45, 2.75) is 24.7 Å². The Labute approximate surface area is 206 Å². The smallest absolute Gasteiger partial charge is 0.339 e. The summed E-state index contributed by atoms with van der Waals surface area (Å²) in [4.78, 5) is 34.5. The molecule has 2 aromatic heterocycles. The van der Waals surface area contributed by atoms with E-state index in [1.165, 1.54) is 24.3 Å². The molecule has 0 aliphatic carbocycles. The minimum atomic E-state index is -4.07. The Morgan fingerprint density at radius 1 is 1.14 bits per heavy atom. The molecule has 0 unspecified atom stereocenters. The molecule has 4 aromatic rings. The number of amides is 2. The monoisotopic (exact) mass is 512 g/mol. The van der Waals surface area contributed by atoms with Crippen LogP contribution >= 0.6 is 0 Å². The molecule has 3 N–H and O–H groups in total. The molecule has 0 bridgehead atoms. The van der Waals surface area contributed by atoms with Crippen molar-refractivity contribution in [3.63, 3.8) is 0 Å². The van der Waals surface area contributed by atoms with Crippen LogP contribution in [0.25, 0.3) is 16.7 Å². The number of rotatable bonds is 10. The van der Waals surface area contributed by atoms with E-state index in [1.807, 2.05) is 0 Å². The van der Waals surface area contributed by atoms with Gasteiger partial charge in [-0.05, 0) is 49.7 Å². The summed E-state index contributed by atoms with van der Waals surface area (Å²) in [5.41, 5.74) is 1.73. The van der Waals surface area contributed by atoms with Gasteiger partial charge in [-0.2, -0.15) is 8.42 Å². The highest BCUT2D eigenvalue weighted by Gasteiger charge is 2.18. The number of hydrogen-bond donors (Lipinski definition) is 3. The van der Waals surface area contributed by atoms with E-state index in [9.17, 15) is 18.0 Å². The Morgan fingerprint density at radius 2 is 1.94 bits per heavy atom. The Bertz CT molecular complexity index is 1450. The number of fused-ring (bicyclic) bond motifs is 1. The van der Waals surface area contributed by atoms with Crippen LogP contribution in [0, 0.1) is 0 Å². The van der Waals surface area contributed by atoms with Gasteiger partial charge >= 0.3 is 22.1 Å². The number of esters is 1. The molecule has 4 rings (SSSR count). The first-order valence-corrected chi connectivity index (χ1v) is 12.5. The number of carbonyl (C=O) groups is 2. The van der Waals surface area contributed by atoms with E-state index < -0.39 is 16.1 Å². The highest BCUT2D eigenvalue weighted by molar-refractivity contribution is 7.87. The molecule has 0 aliphatic heterocycles. The molecule has 2 heterocycles. The Morgan fingerprint density at radius 3 is 2.67 bits per heavy atom. The summed E-state index contributed by atoms with van der Waals surface area (Å²) < 4.78 is 37.3. The van der Waals surface area contributed by atoms with E-state index in [0.717, 1.165) is 5.69 Å². The van der Waals surface area contributed by atoms with E-state index in [0.29, 0.717) is 24.1 Å². The number of carbonyl (C=O) groups excluding carboxylic acids is 2. The van der Waals surface area contributed by atoms with E-state index in [-0.39, 0.29) is 35.5 Å². The van der Waals surface area contributed by atoms with E-state index in [4.69, 9.17) is 8.92 Å². The maximum atomic E-state index is 12.7. The number of imidazole rings is 2. The van der Waals surface area contributed by atoms with Crippen LogP contribution in [-0.4, -0.2) is 53.1 Å². The van der Waals surface area contributed by atoms with E-state index in [2.05, 4.69) is 25.6 Å². The fourth-order valence-corrected chi connectivity index (χ4v) is 4.21. The number of aromatic amines is 1. The first-order chi connectivity index (χ1) is 17.3. The molecular formula is C23H24N6O6S. The average Bonchev–Trinajstić information content (AvgIpc) is 3.52. The summed E-state index contributed by atoms with van der Waals surface area (Å²) in [5, 5.41) is 5.18. The molecular weight excluding hydrogens is 488 g/mol. The van der Waals surface area contributed by atoms with E-state index in [1.54, 1.807) is 48.4 Å². The molecule has 188 valence electrons. The minimum Gasteiger partial charge on any atom is -0.466 e. The normalized spacial score (nSPS) is 11.2. The lowest BCUT2D eigenvalue weighted by molar-refractivity contribution is -0.143. The molecule has 12 nitrogen and oxygen atoms in total. The lowest BCUT2D eigenvalue weighted by Gasteiger charge is -2.08. The van der Waals surface area contributed by atoms with Gasteiger partial charge in [0.2, 0.25) is 5.95 Å². The van der Waals surface area contributed by atoms with Gasteiger partial charge in [-0.1, -0.05) is 0 Å². The van der Waals surface area contributed by atoms with Crippen LogP contribution in [-0.2, 0) is 19.6 Å². The van der Waals surface area contributed by atoms with Crippen molar-refractivity contribution >= 4 is 39.1 Å².